The number of hydrogen-bond acceptors (Lipinski definition) is 3. The Morgan fingerprint density at radius 3 is 2.85 bits per heavy atom. The van der Waals surface area contributed by atoms with Crippen molar-refractivity contribution in [2.24, 2.45) is 0 Å². The predicted octanol–water partition coefficient (Wildman–Crippen LogP) is 2.90. The van der Waals surface area contributed by atoms with Gasteiger partial charge in [-0.3, -0.25) is 9.59 Å². The summed E-state index contributed by atoms with van der Waals surface area (Å²) in [6.45, 7) is 0.805. The average molecular weight is 362 g/mol. The molecule has 27 heavy (non-hydrogen) atoms. The van der Waals surface area contributed by atoms with Gasteiger partial charge in [0.25, 0.3) is 0 Å². The number of anilines is 1. The second-order valence-electron chi connectivity index (χ2n) is 6.26. The van der Waals surface area contributed by atoms with Crippen LogP contribution >= 0.6 is 0 Å². The molecule has 2 N–H and O–H groups in total. The fourth-order valence-corrected chi connectivity index (χ4v) is 2.77. The third-order valence-electron chi connectivity index (χ3n) is 4.17. The molecule has 0 saturated carbocycles. The van der Waals surface area contributed by atoms with Crippen LogP contribution in [0.1, 0.15) is 30.4 Å². The molecule has 5 heteroatoms. The Bertz CT molecular complexity index is 866. The van der Waals surface area contributed by atoms with Gasteiger partial charge in [0.15, 0.2) is 0 Å². The molecule has 1 aliphatic rings. The van der Waals surface area contributed by atoms with Crippen molar-refractivity contribution in [2.75, 3.05) is 18.5 Å². The zero-order valence-electron chi connectivity index (χ0n) is 15.1. The standard InChI is InChI=1S/C22H22N2O3/c25-21(23-14-4-8-17-6-2-1-3-7-17)9-5-15-27-19-11-12-20-18(16-19)10-13-22(26)24-20/h1-3,6-7,11-12,16H,5,9-10,13-15H2,(H,23,25)(H,24,26). The van der Waals surface area contributed by atoms with Crippen LogP contribution in [0.3, 0.4) is 0 Å². The van der Waals surface area contributed by atoms with Crippen LogP contribution in [0.15, 0.2) is 48.5 Å². The van der Waals surface area contributed by atoms with Crippen LogP contribution < -0.4 is 15.4 Å². The monoisotopic (exact) mass is 362 g/mol. The largest absolute Gasteiger partial charge is 0.494 e. The van der Waals surface area contributed by atoms with Gasteiger partial charge >= 0.3 is 0 Å². The van der Waals surface area contributed by atoms with Crippen LogP contribution in [0.5, 0.6) is 5.75 Å². The third-order valence-corrected chi connectivity index (χ3v) is 4.17. The second kappa shape index (κ2) is 9.44. The lowest BCUT2D eigenvalue weighted by molar-refractivity contribution is -0.121. The summed E-state index contributed by atoms with van der Waals surface area (Å²) in [5.41, 5.74) is 2.88. The number of fused-ring (bicyclic) bond motifs is 1. The normalized spacial score (nSPS) is 12.2. The fourth-order valence-electron chi connectivity index (χ4n) is 2.77. The molecule has 0 atom stereocenters. The Kier molecular flexibility index (Phi) is 6.48. The van der Waals surface area contributed by atoms with E-state index in [-0.39, 0.29) is 11.8 Å². The Morgan fingerprint density at radius 2 is 2.00 bits per heavy atom. The van der Waals surface area contributed by atoms with E-state index in [2.05, 4.69) is 22.5 Å². The summed E-state index contributed by atoms with van der Waals surface area (Å²) in [6, 6.07) is 15.3. The van der Waals surface area contributed by atoms with E-state index >= 15 is 0 Å². The van der Waals surface area contributed by atoms with Gasteiger partial charge in [-0.15, -0.1) is 0 Å². The molecule has 0 fully saturated rings. The molecule has 1 heterocycles. The highest BCUT2D eigenvalue weighted by Crippen LogP contribution is 2.26. The van der Waals surface area contributed by atoms with E-state index in [1.807, 2.05) is 48.5 Å². The van der Waals surface area contributed by atoms with Crippen molar-refractivity contribution < 1.29 is 14.3 Å². The van der Waals surface area contributed by atoms with E-state index in [0.29, 0.717) is 32.4 Å². The number of carbonyl (C=O) groups excluding carboxylic acids is 2. The average Bonchev–Trinajstić information content (AvgIpc) is 2.69. The first kappa shape index (κ1) is 18.5. The highest BCUT2D eigenvalue weighted by molar-refractivity contribution is 5.94. The van der Waals surface area contributed by atoms with Gasteiger partial charge in [-0.2, -0.15) is 0 Å². The maximum absolute atomic E-state index is 11.8. The lowest BCUT2D eigenvalue weighted by Crippen LogP contribution is -2.23. The minimum absolute atomic E-state index is 0.0332. The first-order chi connectivity index (χ1) is 13.2. The van der Waals surface area contributed by atoms with Gasteiger partial charge in [-0.25, -0.2) is 0 Å². The minimum Gasteiger partial charge on any atom is -0.494 e. The summed E-state index contributed by atoms with van der Waals surface area (Å²) in [5, 5.41) is 5.63. The topological polar surface area (TPSA) is 67.4 Å². The fraction of sp³-hybridized carbons (Fsp3) is 0.273. The highest BCUT2D eigenvalue weighted by atomic mass is 16.5. The van der Waals surface area contributed by atoms with Gasteiger partial charge in [-0.1, -0.05) is 30.0 Å². The minimum atomic E-state index is -0.0332. The number of benzene rings is 2. The molecule has 2 amide bonds. The van der Waals surface area contributed by atoms with Crippen molar-refractivity contribution in [1.29, 1.82) is 0 Å². The molecule has 2 aromatic rings. The SMILES string of the molecule is O=C(CCCOc1ccc2c(c1)CCC(=O)N2)NCC#Cc1ccccc1. The molecule has 0 spiro atoms. The highest BCUT2D eigenvalue weighted by Gasteiger charge is 2.14. The van der Waals surface area contributed by atoms with E-state index < -0.39 is 0 Å². The molecule has 0 aliphatic carbocycles. The van der Waals surface area contributed by atoms with Crippen LogP contribution in [-0.4, -0.2) is 25.0 Å². The van der Waals surface area contributed by atoms with E-state index in [4.69, 9.17) is 4.74 Å². The third kappa shape index (κ3) is 5.89. The molecule has 0 aromatic heterocycles. The Hall–Kier alpha value is -3.26. The van der Waals surface area contributed by atoms with Crippen molar-refractivity contribution >= 4 is 17.5 Å². The summed E-state index contributed by atoms with van der Waals surface area (Å²) in [7, 11) is 0. The van der Waals surface area contributed by atoms with Crippen LogP contribution in [0.4, 0.5) is 5.69 Å². The zero-order valence-corrected chi connectivity index (χ0v) is 15.1. The summed E-state index contributed by atoms with van der Waals surface area (Å²) < 4.78 is 5.71. The first-order valence-corrected chi connectivity index (χ1v) is 9.07. The summed E-state index contributed by atoms with van der Waals surface area (Å²) >= 11 is 0. The maximum atomic E-state index is 11.8. The lowest BCUT2D eigenvalue weighted by atomic mass is 10.0. The van der Waals surface area contributed by atoms with E-state index in [1.54, 1.807) is 0 Å². The number of amides is 2. The van der Waals surface area contributed by atoms with Gasteiger partial charge in [0, 0.05) is 24.1 Å². The second-order valence-corrected chi connectivity index (χ2v) is 6.26. The van der Waals surface area contributed by atoms with Gasteiger partial charge in [0.1, 0.15) is 5.75 Å². The Balaban J connectivity index is 1.34. The number of rotatable bonds is 6. The molecule has 0 saturated heterocycles. The quantitative estimate of drug-likeness (QED) is 0.613. The number of ether oxygens (including phenoxy) is 1. The molecular formula is C22H22N2O3. The molecule has 3 rings (SSSR count). The zero-order chi connectivity index (χ0) is 18.9. The van der Waals surface area contributed by atoms with Crippen molar-refractivity contribution in [2.45, 2.75) is 25.7 Å². The Labute approximate surface area is 159 Å². The number of nitrogens with one attached hydrogen (secondary N) is 2. The van der Waals surface area contributed by atoms with Crippen molar-refractivity contribution in [1.82, 2.24) is 5.32 Å². The first-order valence-electron chi connectivity index (χ1n) is 9.07. The van der Waals surface area contributed by atoms with Crippen molar-refractivity contribution in [3.8, 4) is 17.6 Å². The Morgan fingerprint density at radius 1 is 1.15 bits per heavy atom. The van der Waals surface area contributed by atoms with Crippen molar-refractivity contribution in [3.63, 3.8) is 0 Å². The lowest BCUT2D eigenvalue weighted by Gasteiger charge is -2.17. The van der Waals surface area contributed by atoms with Gasteiger partial charge in [0.05, 0.1) is 13.2 Å². The molecule has 5 nitrogen and oxygen atoms in total. The van der Waals surface area contributed by atoms with Gasteiger partial charge in [-0.05, 0) is 48.7 Å². The molecule has 138 valence electrons. The molecule has 2 aromatic carbocycles. The van der Waals surface area contributed by atoms with Crippen LogP contribution in [-0.2, 0) is 16.0 Å². The number of carbonyl (C=O) groups is 2. The van der Waals surface area contributed by atoms with E-state index in [0.717, 1.165) is 29.0 Å². The van der Waals surface area contributed by atoms with Crippen molar-refractivity contribution in [3.05, 3.63) is 59.7 Å². The molecule has 1 aliphatic heterocycles. The molecule has 0 unspecified atom stereocenters. The number of hydrogen-bond donors (Lipinski definition) is 2. The van der Waals surface area contributed by atoms with Crippen LogP contribution in [0, 0.1) is 11.8 Å². The smallest absolute Gasteiger partial charge is 0.224 e. The van der Waals surface area contributed by atoms with Gasteiger partial charge < -0.3 is 15.4 Å². The maximum Gasteiger partial charge on any atom is 0.224 e. The molecule has 0 bridgehead atoms. The van der Waals surface area contributed by atoms with Gasteiger partial charge in [0.2, 0.25) is 11.8 Å². The van der Waals surface area contributed by atoms with E-state index in [1.165, 1.54) is 0 Å². The summed E-state index contributed by atoms with van der Waals surface area (Å²) in [6.07, 6.45) is 2.26. The van der Waals surface area contributed by atoms with E-state index in [9.17, 15) is 9.59 Å². The van der Waals surface area contributed by atoms with Crippen LogP contribution in [0.2, 0.25) is 0 Å². The molecular weight excluding hydrogens is 340 g/mol. The predicted molar refractivity (Wildman–Crippen MR) is 104 cm³/mol. The summed E-state index contributed by atoms with van der Waals surface area (Å²) in [5.74, 6) is 6.72. The van der Waals surface area contributed by atoms with Crippen LogP contribution in [0.25, 0.3) is 0 Å². The molecule has 0 radical (unpaired) electrons. The number of aryl methyl sites for hydroxylation is 1. The summed E-state index contributed by atoms with van der Waals surface area (Å²) in [4.78, 5) is 23.2.